The van der Waals surface area contributed by atoms with Gasteiger partial charge in [-0.05, 0) is 90.8 Å². The highest BCUT2D eigenvalue weighted by Gasteiger charge is 2.32. The SMILES string of the molecule is Cc1sc2c(c1C)C(c1ccc(Cl)cc1)=N[C@@H](CC(=O)CCC1CCN(CCN(C)C)CC1)c1nnc(C)n1-2. The summed E-state index contributed by atoms with van der Waals surface area (Å²) in [4.78, 5) is 24.7. The maximum absolute atomic E-state index is 13.4. The zero-order valence-electron chi connectivity index (χ0n) is 23.7. The van der Waals surface area contributed by atoms with Gasteiger partial charge in [0.2, 0.25) is 0 Å². The van der Waals surface area contributed by atoms with Gasteiger partial charge in [0.05, 0.1) is 5.71 Å². The fourth-order valence-electron chi connectivity index (χ4n) is 5.66. The molecule has 0 radical (unpaired) electrons. The number of benzene rings is 1. The lowest BCUT2D eigenvalue weighted by atomic mass is 9.90. The summed E-state index contributed by atoms with van der Waals surface area (Å²) in [5.74, 6) is 2.44. The minimum absolute atomic E-state index is 0.250. The second-order valence-corrected chi connectivity index (χ2v) is 12.9. The molecule has 4 heterocycles. The lowest BCUT2D eigenvalue weighted by Crippen LogP contribution is -2.38. The number of likely N-dealkylation sites (N-methyl/N-ethyl adjacent to an activating group) is 1. The van der Waals surface area contributed by atoms with E-state index >= 15 is 0 Å². The minimum atomic E-state index is -0.378. The van der Waals surface area contributed by atoms with Gasteiger partial charge < -0.3 is 9.80 Å². The topological polar surface area (TPSA) is 66.6 Å². The van der Waals surface area contributed by atoms with E-state index in [4.69, 9.17) is 16.6 Å². The van der Waals surface area contributed by atoms with Gasteiger partial charge in [-0.2, -0.15) is 0 Å². The number of piperidine rings is 1. The van der Waals surface area contributed by atoms with E-state index in [1.165, 1.54) is 23.3 Å². The summed E-state index contributed by atoms with van der Waals surface area (Å²) in [6, 6.07) is 7.45. The third-order valence-electron chi connectivity index (χ3n) is 8.18. The second-order valence-electron chi connectivity index (χ2n) is 11.3. The van der Waals surface area contributed by atoms with Crippen LogP contribution in [0.3, 0.4) is 0 Å². The predicted molar refractivity (Wildman–Crippen MR) is 160 cm³/mol. The van der Waals surface area contributed by atoms with Gasteiger partial charge in [-0.15, -0.1) is 21.5 Å². The number of carbonyl (C=O) groups is 1. The van der Waals surface area contributed by atoms with E-state index in [1.807, 2.05) is 31.2 Å². The summed E-state index contributed by atoms with van der Waals surface area (Å²) in [6.07, 6.45) is 4.24. The van der Waals surface area contributed by atoms with Crippen molar-refractivity contribution in [1.82, 2.24) is 24.6 Å². The van der Waals surface area contributed by atoms with Crippen LogP contribution in [0.25, 0.3) is 5.00 Å². The molecule has 1 atom stereocenters. The van der Waals surface area contributed by atoms with Gasteiger partial charge in [0.25, 0.3) is 0 Å². The third-order valence-corrected chi connectivity index (χ3v) is 9.62. The van der Waals surface area contributed by atoms with Crippen LogP contribution >= 0.6 is 22.9 Å². The molecule has 2 aliphatic rings. The smallest absolute Gasteiger partial charge is 0.163 e. The molecular weight excluding hydrogens is 528 g/mol. The molecule has 5 rings (SSSR count). The molecule has 0 aliphatic carbocycles. The first kappa shape index (κ1) is 28.1. The molecule has 208 valence electrons. The molecule has 7 nitrogen and oxygen atoms in total. The average molecular weight is 567 g/mol. The Morgan fingerprint density at radius 1 is 1.10 bits per heavy atom. The van der Waals surface area contributed by atoms with Crippen molar-refractivity contribution < 1.29 is 4.79 Å². The number of aryl methyl sites for hydroxylation is 2. The first-order valence-corrected chi connectivity index (χ1v) is 15.2. The predicted octanol–water partition coefficient (Wildman–Crippen LogP) is 5.81. The van der Waals surface area contributed by atoms with Crippen molar-refractivity contribution >= 4 is 34.4 Å². The van der Waals surface area contributed by atoms with E-state index in [0.717, 1.165) is 66.1 Å². The van der Waals surface area contributed by atoms with E-state index in [-0.39, 0.29) is 11.8 Å². The van der Waals surface area contributed by atoms with Crippen molar-refractivity contribution in [3.63, 3.8) is 0 Å². The largest absolute Gasteiger partial charge is 0.308 e. The summed E-state index contributed by atoms with van der Waals surface area (Å²) in [5.41, 5.74) is 4.19. The maximum atomic E-state index is 13.4. The molecule has 0 amide bonds. The Hall–Kier alpha value is -2.39. The van der Waals surface area contributed by atoms with Crippen molar-refractivity contribution in [3.8, 4) is 5.00 Å². The van der Waals surface area contributed by atoms with Gasteiger partial charge in [0.15, 0.2) is 5.82 Å². The van der Waals surface area contributed by atoms with E-state index in [0.29, 0.717) is 23.8 Å². The quantitative estimate of drug-likeness (QED) is 0.327. The van der Waals surface area contributed by atoms with Crippen LogP contribution in [0.4, 0.5) is 0 Å². The van der Waals surface area contributed by atoms with Crippen LogP contribution in [0, 0.1) is 26.7 Å². The number of fused-ring (bicyclic) bond motifs is 3. The summed E-state index contributed by atoms with van der Waals surface area (Å²) in [6.45, 7) is 10.7. The number of aromatic nitrogens is 3. The van der Waals surface area contributed by atoms with Crippen molar-refractivity contribution in [1.29, 1.82) is 0 Å². The van der Waals surface area contributed by atoms with Crippen molar-refractivity contribution in [3.05, 3.63) is 62.5 Å². The third kappa shape index (κ3) is 6.19. The molecule has 0 spiro atoms. The summed E-state index contributed by atoms with van der Waals surface area (Å²) in [5, 5.41) is 10.7. The molecule has 1 saturated heterocycles. The highest BCUT2D eigenvalue weighted by atomic mass is 35.5. The summed E-state index contributed by atoms with van der Waals surface area (Å²) in [7, 11) is 4.25. The highest BCUT2D eigenvalue weighted by Crippen LogP contribution is 2.40. The molecule has 0 bridgehead atoms. The Bertz CT molecular complexity index is 1350. The second kappa shape index (κ2) is 12.0. The van der Waals surface area contributed by atoms with E-state index in [2.05, 4.69) is 52.5 Å². The molecule has 9 heteroatoms. The molecule has 39 heavy (non-hydrogen) atoms. The summed E-state index contributed by atoms with van der Waals surface area (Å²) >= 11 is 7.95. The number of thiophene rings is 1. The van der Waals surface area contributed by atoms with Gasteiger partial charge in [-0.25, -0.2) is 0 Å². The number of halogens is 1. The average Bonchev–Trinajstić information content (AvgIpc) is 3.39. The first-order chi connectivity index (χ1) is 18.7. The summed E-state index contributed by atoms with van der Waals surface area (Å²) < 4.78 is 2.12. The Kier molecular flexibility index (Phi) is 8.66. The zero-order chi connectivity index (χ0) is 27.7. The van der Waals surface area contributed by atoms with Crippen molar-refractivity contribution in [2.24, 2.45) is 10.9 Å². The number of ketones is 1. The number of hydrogen-bond acceptors (Lipinski definition) is 7. The number of nitrogens with zero attached hydrogens (tertiary/aromatic N) is 6. The highest BCUT2D eigenvalue weighted by molar-refractivity contribution is 7.15. The van der Waals surface area contributed by atoms with Crippen LogP contribution < -0.4 is 0 Å². The van der Waals surface area contributed by atoms with E-state index in [9.17, 15) is 4.79 Å². The van der Waals surface area contributed by atoms with Crippen LogP contribution in [0.15, 0.2) is 29.3 Å². The Morgan fingerprint density at radius 3 is 2.51 bits per heavy atom. The number of hydrogen-bond donors (Lipinski definition) is 0. The molecule has 0 unspecified atom stereocenters. The van der Waals surface area contributed by atoms with Crippen LogP contribution in [-0.4, -0.2) is 76.3 Å². The molecule has 0 saturated carbocycles. The molecule has 1 fully saturated rings. The number of Topliss-reactive ketones (excluding diaryl/α,β-unsaturated/α-hetero) is 1. The van der Waals surface area contributed by atoms with Crippen molar-refractivity contribution in [2.45, 2.75) is 58.9 Å². The van der Waals surface area contributed by atoms with Gasteiger partial charge in [-0.1, -0.05) is 23.7 Å². The first-order valence-electron chi connectivity index (χ1n) is 14.0. The minimum Gasteiger partial charge on any atom is -0.308 e. The lowest BCUT2D eigenvalue weighted by molar-refractivity contribution is -0.119. The molecular formula is C30H39ClN6OS. The lowest BCUT2D eigenvalue weighted by Gasteiger charge is -2.32. The normalized spacial score (nSPS) is 18.1. The fourth-order valence-corrected chi connectivity index (χ4v) is 7.00. The van der Waals surface area contributed by atoms with Gasteiger partial charge in [-0.3, -0.25) is 14.4 Å². The standard InChI is InChI=1S/C30H39ClN6OS/c1-19-20(2)39-30-27(19)28(23-7-9-24(31)10-8-23)32-26(29-34-33-21(3)37(29)30)18-25(38)11-6-22-12-14-36(15-13-22)17-16-35(4)5/h7-10,22,26H,6,11-18H2,1-5H3/t26-/m0/s1. The molecule has 2 aliphatic heterocycles. The van der Waals surface area contributed by atoms with Crippen LogP contribution in [-0.2, 0) is 4.79 Å². The van der Waals surface area contributed by atoms with E-state index in [1.54, 1.807) is 11.3 Å². The monoisotopic (exact) mass is 566 g/mol. The van der Waals surface area contributed by atoms with Gasteiger partial charge in [0, 0.05) is 47.0 Å². The zero-order valence-corrected chi connectivity index (χ0v) is 25.3. The van der Waals surface area contributed by atoms with Gasteiger partial charge in [0.1, 0.15) is 22.7 Å². The van der Waals surface area contributed by atoms with Crippen LogP contribution in [0.2, 0.25) is 5.02 Å². The number of likely N-dealkylation sites (tertiary alicyclic amines) is 1. The Morgan fingerprint density at radius 2 is 1.82 bits per heavy atom. The fraction of sp³-hybridized carbons (Fsp3) is 0.533. The molecule has 3 aromatic rings. The number of rotatable bonds is 9. The molecule has 2 aromatic heterocycles. The van der Waals surface area contributed by atoms with E-state index < -0.39 is 0 Å². The van der Waals surface area contributed by atoms with Gasteiger partial charge >= 0.3 is 0 Å². The Balaban J connectivity index is 1.35. The number of carbonyl (C=O) groups excluding carboxylic acids is 1. The Labute approximate surface area is 240 Å². The van der Waals surface area contributed by atoms with Crippen LogP contribution in [0.1, 0.15) is 71.4 Å². The van der Waals surface area contributed by atoms with Crippen molar-refractivity contribution in [2.75, 3.05) is 40.3 Å². The van der Waals surface area contributed by atoms with Crippen LogP contribution in [0.5, 0.6) is 0 Å². The maximum Gasteiger partial charge on any atom is 0.163 e. The molecule has 0 N–H and O–H groups in total. The molecule has 1 aromatic carbocycles. The number of aliphatic imine (C=N–C) groups is 1.